The molecule has 0 aromatic heterocycles. The molecule has 1 heterocycles. The zero-order valence-corrected chi connectivity index (χ0v) is 20.6. The van der Waals surface area contributed by atoms with Gasteiger partial charge in [0.1, 0.15) is 0 Å². The summed E-state index contributed by atoms with van der Waals surface area (Å²) in [5.41, 5.74) is 4.75. The van der Waals surface area contributed by atoms with Crippen LogP contribution in [0.5, 0.6) is 0 Å². The summed E-state index contributed by atoms with van der Waals surface area (Å²) in [5, 5.41) is 12.3. The standard InChI is InChI=1S/C29H34N2O4/c1-20(23-8-5-4-6-9-23)31(3)18-27-17-28(24-14-12-22(19-32)13-15-24)35-29(34-27)25-10-7-11-26(16-25)30-21(2)33/h4-16,20,27-29,32H,17-19H2,1-3H3,(H,30,33). The van der Waals surface area contributed by atoms with Crippen molar-refractivity contribution in [1.82, 2.24) is 4.90 Å². The van der Waals surface area contributed by atoms with E-state index in [9.17, 15) is 9.90 Å². The maximum Gasteiger partial charge on any atom is 0.221 e. The lowest BCUT2D eigenvalue weighted by atomic mass is 9.99. The molecule has 4 atom stereocenters. The summed E-state index contributed by atoms with van der Waals surface area (Å²) in [6.07, 6.45) is -0.0646. The van der Waals surface area contributed by atoms with Crippen LogP contribution < -0.4 is 5.32 Å². The molecule has 1 saturated heterocycles. The molecular formula is C29H34N2O4. The van der Waals surface area contributed by atoms with Crippen LogP contribution in [0.4, 0.5) is 5.69 Å². The summed E-state index contributed by atoms with van der Waals surface area (Å²) in [5.74, 6) is -0.121. The topological polar surface area (TPSA) is 71.0 Å². The summed E-state index contributed by atoms with van der Waals surface area (Å²) in [4.78, 5) is 13.9. The van der Waals surface area contributed by atoms with E-state index in [0.29, 0.717) is 12.1 Å². The van der Waals surface area contributed by atoms with Crippen molar-refractivity contribution in [2.45, 2.75) is 51.4 Å². The molecule has 1 aliphatic heterocycles. The van der Waals surface area contributed by atoms with Crippen molar-refractivity contribution in [2.24, 2.45) is 0 Å². The van der Waals surface area contributed by atoms with Gasteiger partial charge >= 0.3 is 0 Å². The molecule has 35 heavy (non-hydrogen) atoms. The van der Waals surface area contributed by atoms with Gasteiger partial charge in [0.15, 0.2) is 6.29 Å². The minimum Gasteiger partial charge on any atom is -0.392 e. The van der Waals surface area contributed by atoms with Gasteiger partial charge in [-0.2, -0.15) is 0 Å². The molecule has 0 saturated carbocycles. The van der Waals surface area contributed by atoms with Gasteiger partial charge < -0.3 is 19.9 Å². The molecule has 0 radical (unpaired) electrons. The molecular weight excluding hydrogens is 440 g/mol. The third-order valence-corrected chi connectivity index (χ3v) is 6.53. The molecule has 2 N–H and O–H groups in total. The number of nitrogens with zero attached hydrogens (tertiary/aromatic N) is 1. The summed E-state index contributed by atoms with van der Waals surface area (Å²) >= 11 is 0. The number of hydrogen-bond acceptors (Lipinski definition) is 5. The van der Waals surface area contributed by atoms with E-state index in [1.807, 2.05) is 54.6 Å². The van der Waals surface area contributed by atoms with Crippen LogP contribution in [0.25, 0.3) is 0 Å². The Labute approximate surface area is 207 Å². The molecule has 184 valence electrons. The predicted octanol–water partition coefficient (Wildman–Crippen LogP) is 5.38. The minimum atomic E-state index is -0.564. The van der Waals surface area contributed by atoms with Crippen LogP contribution in [-0.4, -0.2) is 35.6 Å². The van der Waals surface area contributed by atoms with Gasteiger partial charge in [0, 0.05) is 37.2 Å². The Bertz CT molecular complexity index is 1100. The quantitative estimate of drug-likeness (QED) is 0.459. The van der Waals surface area contributed by atoms with Crippen LogP contribution >= 0.6 is 0 Å². The Hall–Kier alpha value is -3.03. The van der Waals surface area contributed by atoms with Gasteiger partial charge in [-0.25, -0.2) is 0 Å². The summed E-state index contributed by atoms with van der Waals surface area (Å²) in [6, 6.07) is 26.2. The lowest BCUT2D eigenvalue weighted by molar-refractivity contribution is -0.253. The van der Waals surface area contributed by atoms with Crippen molar-refractivity contribution in [3.8, 4) is 0 Å². The first kappa shape index (κ1) is 25.1. The first-order valence-electron chi connectivity index (χ1n) is 12.1. The molecule has 1 amide bonds. The fraction of sp³-hybridized carbons (Fsp3) is 0.345. The van der Waals surface area contributed by atoms with Crippen LogP contribution in [0.15, 0.2) is 78.9 Å². The Morgan fingerprint density at radius 1 is 1.03 bits per heavy atom. The average molecular weight is 475 g/mol. The molecule has 4 rings (SSSR count). The number of likely N-dealkylation sites (N-methyl/N-ethyl adjacent to an activating group) is 1. The van der Waals surface area contributed by atoms with E-state index in [2.05, 4.69) is 48.5 Å². The van der Waals surface area contributed by atoms with Gasteiger partial charge in [0.2, 0.25) is 5.91 Å². The van der Waals surface area contributed by atoms with Crippen LogP contribution in [0.3, 0.4) is 0 Å². The van der Waals surface area contributed by atoms with Crippen LogP contribution in [0.2, 0.25) is 0 Å². The van der Waals surface area contributed by atoms with Gasteiger partial charge in [-0.1, -0.05) is 66.7 Å². The van der Waals surface area contributed by atoms with Crippen molar-refractivity contribution in [2.75, 3.05) is 18.9 Å². The summed E-state index contributed by atoms with van der Waals surface area (Å²) < 4.78 is 12.9. The van der Waals surface area contributed by atoms with E-state index >= 15 is 0 Å². The molecule has 1 aliphatic rings. The number of rotatable bonds is 8. The zero-order chi connectivity index (χ0) is 24.8. The van der Waals surface area contributed by atoms with Gasteiger partial charge in [-0.05, 0) is 42.8 Å². The van der Waals surface area contributed by atoms with E-state index in [0.717, 1.165) is 23.2 Å². The van der Waals surface area contributed by atoms with Crippen molar-refractivity contribution in [3.05, 3.63) is 101 Å². The van der Waals surface area contributed by atoms with E-state index in [4.69, 9.17) is 9.47 Å². The largest absolute Gasteiger partial charge is 0.392 e. The highest BCUT2D eigenvalue weighted by Crippen LogP contribution is 2.39. The number of aliphatic hydroxyl groups excluding tert-OH is 1. The molecule has 0 aliphatic carbocycles. The van der Waals surface area contributed by atoms with Crippen molar-refractivity contribution < 1.29 is 19.4 Å². The lowest BCUT2D eigenvalue weighted by Gasteiger charge is -2.39. The Morgan fingerprint density at radius 2 is 1.77 bits per heavy atom. The molecule has 3 aromatic carbocycles. The normalized spacial score (nSPS) is 21.0. The minimum absolute atomic E-state index is 0.0122. The second-order valence-corrected chi connectivity index (χ2v) is 9.18. The summed E-state index contributed by atoms with van der Waals surface area (Å²) in [6.45, 7) is 4.45. The molecule has 0 spiro atoms. The molecule has 4 unspecified atom stereocenters. The van der Waals surface area contributed by atoms with Crippen molar-refractivity contribution in [1.29, 1.82) is 0 Å². The highest BCUT2D eigenvalue weighted by molar-refractivity contribution is 5.88. The third-order valence-electron chi connectivity index (χ3n) is 6.53. The highest BCUT2D eigenvalue weighted by atomic mass is 16.7. The lowest BCUT2D eigenvalue weighted by Crippen LogP contribution is -2.38. The van der Waals surface area contributed by atoms with E-state index in [1.54, 1.807) is 0 Å². The SMILES string of the molecule is CC(=O)Nc1cccc(C2OC(CN(C)C(C)c3ccccc3)CC(c3ccc(CO)cc3)O2)c1. The Kier molecular flexibility index (Phi) is 8.31. The Morgan fingerprint density at radius 3 is 2.46 bits per heavy atom. The number of benzene rings is 3. The number of carbonyl (C=O) groups is 1. The van der Waals surface area contributed by atoms with Gasteiger partial charge in [0.05, 0.1) is 18.8 Å². The number of anilines is 1. The van der Waals surface area contributed by atoms with E-state index in [-0.39, 0.29) is 30.8 Å². The van der Waals surface area contributed by atoms with Crippen molar-refractivity contribution in [3.63, 3.8) is 0 Å². The molecule has 6 nitrogen and oxygen atoms in total. The number of amides is 1. The maximum atomic E-state index is 11.5. The first-order valence-corrected chi connectivity index (χ1v) is 12.1. The number of ether oxygens (including phenoxy) is 2. The van der Waals surface area contributed by atoms with Crippen LogP contribution in [0.1, 0.15) is 61.0 Å². The van der Waals surface area contributed by atoms with Gasteiger partial charge in [0.25, 0.3) is 0 Å². The first-order chi connectivity index (χ1) is 16.9. The maximum absolute atomic E-state index is 11.5. The summed E-state index contributed by atoms with van der Waals surface area (Å²) in [7, 11) is 2.12. The highest BCUT2D eigenvalue weighted by Gasteiger charge is 2.33. The molecule has 1 fully saturated rings. The number of carbonyl (C=O) groups excluding carboxylic acids is 1. The molecule has 6 heteroatoms. The van der Waals surface area contributed by atoms with Crippen LogP contribution in [0, 0.1) is 0 Å². The van der Waals surface area contributed by atoms with Gasteiger partial charge in [-0.15, -0.1) is 0 Å². The van der Waals surface area contributed by atoms with Crippen molar-refractivity contribution >= 4 is 11.6 Å². The number of hydrogen-bond donors (Lipinski definition) is 2. The number of aliphatic hydroxyl groups is 1. The second kappa shape index (κ2) is 11.6. The van der Waals surface area contributed by atoms with Crippen LogP contribution in [-0.2, 0) is 20.9 Å². The Balaban J connectivity index is 1.56. The molecule has 3 aromatic rings. The predicted molar refractivity (Wildman–Crippen MR) is 137 cm³/mol. The fourth-order valence-electron chi connectivity index (χ4n) is 4.46. The van der Waals surface area contributed by atoms with E-state index in [1.165, 1.54) is 12.5 Å². The molecule has 0 bridgehead atoms. The average Bonchev–Trinajstić information content (AvgIpc) is 2.88. The third kappa shape index (κ3) is 6.55. The van der Waals surface area contributed by atoms with E-state index < -0.39 is 6.29 Å². The monoisotopic (exact) mass is 474 g/mol. The second-order valence-electron chi connectivity index (χ2n) is 9.18. The fourth-order valence-corrected chi connectivity index (χ4v) is 4.46. The van der Waals surface area contributed by atoms with Gasteiger partial charge in [-0.3, -0.25) is 9.69 Å². The number of nitrogens with one attached hydrogen (secondary N) is 1. The smallest absolute Gasteiger partial charge is 0.221 e. The zero-order valence-electron chi connectivity index (χ0n) is 20.6.